The van der Waals surface area contributed by atoms with Crippen molar-refractivity contribution in [3.63, 3.8) is 0 Å². The average molecular weight is 343 g/mol. The first-order chi connectivity index (χ1) is 12.0. The van der Waals surface area contributed by atoms with Gasteiger partial charge in [-0.1, -0.05) is 18.2 Å². The van der Waals surface area contributed by atoms with Crippen LogP contribution in [0.3, 0.4) is 0 Å². The summed E-state index contributed by atoms with van der Waals surface area (Å²) in [6.45, 7) is 4.26. The maximum absolute atomic E-state index is 12.3. The van der Waals surface area contributed by atoms with Crippen LogP contribution in [0.5, 0.6) is 5.75 Å². The lowest BCUT2D eigenvalue weighted by Gasteiger charge is -2.20. The summed E-state index contributed by atoms with van der Waals surface area (Å²) in [4.78, 5) is 14.3. The summed E-state index contributed by atoms with van der Waals surface area (Å²) in [5, 5.41) is 10.1. The number of para-hydroxylation sites is 1. The van der Waals surface area contributed by atoms with Gasteiger partial charge in [-0.3, -0.25) is 4.68 Å². The summed E-state index contributed by atoms with van der Waals surface area (Å²) in [5.41, 5.74) is 1.83. The van der Waals surface area contributed by atoms with E-state index in [0.717, 1.165) is 24.4 Å². The van der Waals surface area contributed by atoms with Gasteiger partial charge >= 0.3 is 6.03 Å². The number of nitrogens with one attached hydrogen (secondary N) is 2. The van der Waals surface area contributed by atoms with Gasteiger partial charge in [0.25, 0.3) is 0 Å². The fraction of sp³-hybridized carbons (Fsp3) is 0.444. The SMILES string of the molecule is CC(NC(=O)Nc1cnn(CCN(C)C)c1)C1COc2ccccc21. The molecule has 1 aliphatic heterocycles. The minimum atomic E-state index is -0.232. The number of hydrogen-bond donors (Lipinski definition) is 2. The lowest BCUT2D eigenvalue weighted by Crippen LogP contribution is -2.40. The Morgan fingerprint density at radius 3 is 3.04 bits per heavy atom. The van der Waals surface area contributed by atoms with E-state index in [4.69, 9.17) is 4.74 Å². The molecule has 2 amide bonds. The fourth-order valence-electron chi connectivity index (χ4n) is 2.93. The van der Waals surface area contributed by atoms with Crippen molar-refractivity contribution in [2.24, 2.45) is 0 Å². The Labute approximate surface area is 148 Å². The van der Waals surface area contributed by atoms with Crippen LogP contribution >= 0.6 is 0 Å². The van der Waals surface area contributed by atoms with E-state index < -0.39 is 0 Å². The van der Waals surface area contributed by atoms with E-state index >= 15 is 0 Å². The number of nitrogens with zero attached hydrogens (tertiary/aromatic N) is 3. The second-order valence-electron chi connectivity index (χ2n) is 6.64. The Hall–Kier alpha value is -2.54. The zero-order valence-corrected chi connectivity index (χ0v) is 14.9. The number of fused-ring (bicyclic) bond motifs is 1. The van der Waals surface area contributed by atoms with Crippen molar-refractivity contribution in [1.29, 1.82) is 0 Å². The Balaban J connectivity index is 1.53. The Morgan fingerprint density at radius 1 is 1.44 bits per heavy atom. The van der Waals surface area contributed by atoms with E-state index in [9.17, 15) is 4.79 Å². The summed E-state index contributed by atoms with van der Waals surface area (Å²) < 4.78 is 7.51. The standard InChI is InChI=1S/C18H25N5O2/c1-13(16-12-25-17-7-5-4-6-15(16)17)20-18(24)21-14-10-19-23(11-14)9-8-22(2)3/h4-7,10-11,13,16H,8-9,12H2,1-3H3,(H2,20,21,24). The second-order valence-corrected chi connectivity index (χ2v) is 6.64. The zero-order chi connectivity index (χ0) is 17.8. The van der Waals surface area contributed by atoms with Crippen molar-refractivity contribution in [2.45, 2.75) is 25.4 Å². The third-order valence-electron chi connectivity index (χ3n) is 4.37. The van der Waals surface area contributed by atoms with Crippen LogP contribution in [0.15, 0.2) is 36.7 Å². The molecule has 2 unspecified atom stereocenters. The Morgan fingerprint density at radius 2 is 2.24 bits per heavy atom. The van der Waals surface area contributed by atoms with Crippen molar-refractivity contribution in [1.82, 2.24) is 20.0 Å². The first kappa shape index (κ1) is 17.3. The zero-order valence-electron chi connectivity index (χ0n) is 14.9. The molecule has 0 bridgehead atoms. The summed E-state index contributed by atoms with van der Waals surface area (Å²) in [6.07, 6.45) is 3.50. The van der Waals surface area contributed by atoms with Gasteiger partial charge in [-0.15, -0.1) is 0 Å². The van der Waals surface area contributed by atoms with Crippen LogP contribution in [-0.4, -0.2) is 54.0 Å². The molecule has 7 heteroatoms. The van der Waals surface area contributed by atoms with E-state index in [1.165, 1.54) is 0 Å². The van der Waals surface area contributed by atoms with Crippen molar-refractivity contribution in [3.05, 3.63) is 42.2 Å². The summed E-state index contributed by atoms with van der Waals surface area (Å²) in [7, 11) is 4.03. The molecule has 25 heavy (non-hydrogen) atoms. The molecule has 2 atom stereocenters. The number of ether oxygens (including phenoxy) is 1. The average Bonchev–Trinajstić information content (AvgIpc) is 3.19. The number of urea groups is 1. The summed E-state index contributed by atoms with van der Waals surface area (Å²) >= 11 is 0. The molecule has 0 spiro atoms. The number of hydrogen-bond acceptors (Lipinski definition) is 4. The largest absolute Gasteiger partial charge is 0.493 e. The van der Waals surface area contributed by atoms with Crippen molar-refractivity contribution in [3.8, 4) is 5.75 Å². The van der Waals surface area contributed by atoms with Crippen molar-refractivity contribution >= 4 is 11.7 Å². The van der Waals surface area contributed by atoms with Crippen LogP contribution in [0.2, 0.25) is 0 Å². The first-order valence-electron chi connectivity index (χ1n) is 8.49. The Kier molecular flexibility index (Phi) is 5.23. The number of likely N-dealkylation sites (N-methyl/N-ethyl adjacent to an activating group) is 1. The number of aromatic nitrogens is 2. The molecule has 7 nitrogen and oxygen atoms in total. The lowest BCUT2D eigenvalue weighted by atomic mass is 9.94. The molecule has 1 aromatic carbocycles. The van der Waals surface area contributed by atoms with Gasteiger partial charge in [0.2, 0.25) is 0 Å². The number of amides is 2. The monoisotopic (exact) mass is 343 g/mol. The molecule has 2 heterocycles. The number of benzene rings is 1. The van der Waals surface area contributed by atoms with Gasteiger partial charge in [-0.05, 0) is 27.1 Å². The highest BCUT2D eigenvalue weighted by atomic mass is 16.5. The minimum Gasteiger partial charge on any atom is -0.493 e. The van der Waals surface area contributed by atoms with E-state index in [1.807, 2.05) is 50.1 Å². The van der Waals surface area contributed by atoms with Crippen LogP contribution < -0.4 is 15.4 Å². The first-order valence-corrected chi connectivity index (χ1v) is 8.49. The quantitative estimate of drug-likeness (QED) is 0.843. The highest BCUT2D eigenvalue weighted by molar-refractivity contribution is 5.89. The molecule has 0 saturated heterocycles. The number of anilines is 1. The molecule has 0 fully saturated rings. The van der Waals surface area contributed by atoms with Gasteiger partial charge in [-0.2, -0.15) is 5.10 Å². The smallest absolute Gasteiger partial charge is 0.319 e. The fourth-order valence-corrected chi connectivity index (χ4v) is 2.93. The molecule has 134 valence electrons. The van der Waals surface area contributed by atoms with Crippen molar-refractivity contribution in [2.75, 3.05) is 32.6 Å². The predicted octanol–water partition coefficient (Wildman–Crippen LogP) is 2.13. The van der Waals surface area contributed by atoms with Crippen molar-refractivity contribution < 1.29 is 9.53 Å². The number of carbonyl (C=O) groups is 1. The molecule has 2 N–H and O–H groups in total. The van der Waals surface area contributed by atoms with Gasteiger partial charge in [0.05, 0.1) is 25.0 Å². The maximum atomic E-state index is 12.3. The molecular formula is C18H25N5O2. The lowest BCUT2D eigenvalue weighted by molar-refractivity contribution is 0.244. The normalized spacial score (nSPS) is 17.0. The van der Waals surface area contributed by atoms with Gasteiger partial charge in [-0.25, -0.2) is 4.79 Å². The van der Waals surface area contributed by atoms with Crippen LogP contribution in [0, 0.1) is 0 Å². The van der Waals surface area contributed by atoms with Gasteiger partial charge in [0, 0.05) is 30.3 Å². The highest BCUT2D eigenvalue weighted by Gasteiger charge is 2.29. The van der Waals surface area contributed by atoms with Crippen LogP contribution in [-0.2, 0) is 6.54 Å². The number of carbonyl (C=O) groups excluding carboxylic acids is 1. The third-order valence-corrected chi connectivity index (χ3v) is 4.37. The maximum Gasteiger partial charge on any atom is 0.319 e. The van der Waals surface area contributed by atoms with E-state index in [2.05, 4.69) is 26.7 Å². The van der Waals surface area contributed by atoms with Gasteiger partial charge in [0.1, 0.15) is 5.75 Å². The minimum absolute atomic E-state index is 0.0348. The van der Waals surface area contributed by atoms with Crippen LogP contribution in [0.25, 0.3) is 0 Å². The molecule has 0 radical (unpaired) electrons. The van der Waals surface area contributed by atoms with E-state index in [0.29, 0.717) is 12.3 Å². The molecular weight excluding hydrogens is 318 g/mol. The predicted molar refractivity (Wildman–Crippen MR) is 97.1 cm³/mol. The molecule has 0 aliphatic carbocycles. The van der Waals surface area contributed by atoms with Gasteiger partial charge in [0.15, 0.2) is 0 Å². The molecule has 2 aromatic rings. The van der Waals surface area contributed by atoms with Gasteiger partial charge < -0.3 is 20.3 Å². The second kappa shape index (κ2) is 7.57. The Bertz CT molecular complexity index is 728. The molecule has 0 saturated carbocycles. The van der Waals surface area contributed by atoms with E-state index in [-0.39, 0.29) is 18.0 Å². The molecule has 1 aromatic heterocycles. The molecule has 1 aliphatic rings. The third kappa shape index (κ3) is 4.30. The number of rotatable bonds is 6. The summed E-state index contributed by atoms with van der Waals surface area (Å²) in [5.74, 6) is 1.06. The van der Waals surface area contributed by atoms with E-state index in [1.54, 1.807) is 6.20 Å². The van der Waals surface area contributed by atoms with Crippen LogP contribution in [0.1, 0.15) is 18.4 Å². The summed E-state index contributed by atoms with van der Waals surface area (Å²) in [6, 6.07) is 7.70. The highest BCUT2D eigenvalue weighted by Crippen LogP contribution is 2.35. The molecule has 3 rings (SSSR count). The van der Waals surface area contributed by atoms with Crippen LogP contribution in [0.4, 0.5) is 10.5 Å². The topological polar surface area (TPSA) is 71.4 Å².